The normalized spacial score (nSPS) is 11.7. The molecule has 18 heavy (non-hydrogen) atoms. The van der Waals surface area contributed by atoms with Gasteiger partial charge in [-0.15, -0.1) is 0 Å². The van der Waals surface area contributed by atoms with Crippen LogP contribution in [0.15, 0.2) is 29.4 Å². The zero-order valence-electron chi connectivity index (χ0n) is 11.2. The first kappa shape index (κ1) is 16.4. The fourth-order valence-electron chi connectivity index (χ4n) is 1.79. The van der Waals surface area contributed by atoms with Crippen molar-refractivity contribution in [3.05, 3.63) is 29.6 Å². The van der Waals surface area contributed by atoms with Gasteiger partial charge in [-0.3, -0.25) is 0 Å². The van der Waals surface area contributed by atoms with Crippen molar-refractivity contribution in [2.75, 3.05) is 0 Å². The number of unbranched alkanes of at least 4 members (excludes halogenated alkanes) is 2. The Balaban J connectivity index is 2.73. The molecule has 0 aliphatic heterocycles. The van der Waals surface area contributed by atoms with E-state index in [2.05, 4.69) is 13.8 Å². The predicted octanol–water partition coefficient (Wildman–Crippen LogP) is 4.69. The second-order valence-electron chi connectivity index (χ2n) is 4.56. The number of halogens is 1. The minimum absolute atomic E-state index is 0.788. The second kappa shape index (κ2) is 8.54. The summed E-state index contributed by atoms with van der Waals surface area (Å²) in [5, 5.41) is 12.5. The van der Waals surface area contributed by atoms with Gasteiger partial charge in [-0.2, -0.15) is 0 Å². The second-order valence-corrected chi connectivity index (χ2v) is 26.4. The summed E-state index contributed by atoms with van der Waals surface area (Å²) in [6, 6.07) is 5.57. The molecule has 0 N–H and O–H groups in total. The van der Waals surface area contributed by atoms with Crippen molar-refractivity contribution in [1.29, 1.82) is 0 Å². The van der Waals surface area contributed by atoms with E-state index >= 15 is 0 Å². The van der Waals surface area contributed by atoms with E-state index in [1.54, 1.807) is 21.2 Å². The van der Waals surface area contributed by atoms with Crippen LogP contribution in [-0.2, 0) is 0 Å². The van der Waals surface area contributed by atoms with Gasteiger partial charge in [-0.05, 0) is 0 Å². The topological polar surface area (TPSA) is 26.9 Å². The molecular weight excluding hydrogens is 372 g/mol. The van der Waals surface area contributed by atoms with Gasteiger partial charge < -0.3 is 0 Å². The summed E-state index contributed by atoms with van der Waals surface area (Å²) < 4.78 is 3.27. The number of rotatable bonds is 8. The van der Waals surface area contributed by atoms with E-state index in [0.717, 1.165) is 18.6 Å². The Kier molecular flexibility index (Phi) is 7.80. The zero-order chi connectivity index (χ0) is 13.4. The first-order valence-electron chi connectivity index (χ1n) is 6.67. The van der Waals surface area contributed by atoms with Crippen molar-refractivity contribution < 1.29 is 4.73 Å². The number of hydrogen-bond donors (Lipinski definition) is 0. The molecule has 0 aliphatic rings. The van der Waals surface area contributed by atoms with Crippen LogP contribution < -0.4 is 4.73 Å². The average Bonchev–Trinajstić information content (AvgIpc) is 2.37. The fourth-order valence-corrected chi connectivity index (χ4v) is 20.0. The van der Waals surface area contributed by atoms with Gasteiger partial charge in [0.2, 0.25) is 0 Å². The molecule has 0 aromatic carbocycles. The summed E-state index contributed by atoms with van der Waals surface area (Å²) >= 11 is -2.70. The maximum atomic E-state index is 11.7. The Morgan fingerprint density at radius 1 is 1.22 bits per heavy atom. The SMILES string of the molecule is CCC[CH2][Sn]([Cl])([CH2]CCC)[S]c1cccc[n+]1[O-]. The van der Waals surface area contributed by atoms with Gasteiger partial charge >= 0.3 is 121 Å². The molecule has 102 valence electrons. The molecule has 0 saturated carbocycles. The van der Waals surface area contributed by atoms with E-state index in [0.29, 0.717) is 0 Å². The fraction of sp³-hybridized carbons (Fsp3) is 0.615. The number of hydrogen-bond acceptors (Lipinski definition) is 2. The zero-order valence-corrected chi connectivity index (χ0v) is 15.6. The van der Waals surface area contributed by atoms with Crippen molar-refractivity contribution in [2.24, 2.45) is 0 Å². The van der Waals surface area contributed by atoms with Crippen LogP contribution in [0.4, 0.5) is 0 Å². The van der Waals surface area contributed by atoms with Crippen molar-refractivity contribution in [2.45, 2.75) is 53.4 Å². The molecule has 0 radical (unpaired) electrons. The molecule has 0 amide bonds. The molecule has 0 atom stereocenters. The van der Waals surface area contributed by atoms with Crippen LogP contribution in [0, 0.1) is 5.21 Å². The van der Waals surface area contributed by atoms with Gasteiger partial charge in [0, 0.05) is 0 Å². The monoisotopic (exact) mass is 395 g/mol. The molecule has 0 unspecified atom stereocenters. The molecule has 0 saturated heterocycles. The Labute approximate surface area is 121 Å². The van der Waals surface area contributed by atoms with Crippen LogP contribution in [0.25, 0.3) is 0 Å². The van der Waals surface area contributed by atoms with E-state index in [-0.39, 0.29) is 0 Å². The molecule has 0 spiro atoms. The summed E-state index contributed by atoms with van der Waals surface area (Å²) in [6.45, 7) is 4.40. The van der Waals surface area contributed by atoms with E-state index in [1.165, 1.54) is 25.7 Å². The molecular formula is C13H22ClNOSSn. The summed E-state index contributed by atoms with van der Waals surface area (Å²) in [7, 11) is 8.65. The molecule has 5 heteroatoms. The first-order chi connectivity index (χ1) is 8.61. The molecule has 0 aliphatic carbocycles. The molecule has 1 rings (SSSR count). The summed E-state index contributed by atoms with van der Waals surface area (Å²) in [6.07, 6.45) is 6.32. The first-order valence-corrected chi connectivity index (χ1v) is 18.6. The standard InChI is InChI=1S/C5H5NOS.2C4H9.ClH.Sn/c7-6-4-2-1-3-5(6)8;2*1-3-4-2;;/h1-4,8H;2*1,3-4H2,2H3;1H;/q;;;;+2/p-2. The van der Waals surface area contributed by atoms with Crippen LogP contribution in [-0.4, -0.2) is 15.9 Å². The van der Waals surface area contributed by atoms with Gasteiger partial charge in [0.05, 0.1) is 0 Å². The van der Waals surface area contributed by atoms with Crippen molar-refractivity contribution in [1.82, 2.24) is 0 Å². The van der Waals surface area contributed by atoms with E-state index in [1.807, 2.05) is 12.1 Å². The minimum atomic E-state index is -2.70. The Hall–Kier alpha value is 0.389. The third-order valence-electron chi connectivity index (χ3n) is 2.88. The van der Waals surface area contributed by atoms with Crippen LogP contribution in [0.5, 0.6) is 0 Å². The van der Waals surface area contributed by atoms with Gasteiger partial charge in [0.1, 0.15) is 0 Å². The van der Waals surface area contributed by atoms with Crippen molar-refractivity contribution in [3.63, 3.8) is 0 Å². The van der Waals surface area contributed by atoms with E-state index < -0.39 is 15.9 Å². The van der Waals surface area contributed by atoms with E-state index in [4.69, 9.17) is 8.92 Å². The Morgan fingerprint density at radius 3 is 2.33 bits per heavy atom. The van der Waals surface area contributed by atoms with Crippen LogP contribution in [0.2, 0.25) is 8.87 Å². The molecule has 2 nitrogen and oxygen atoms in total. The summed E-state index contributed by atoms with van der Waals surface area (Å²) in [4.78, 5) is 0. The molecule has 1 aromatic heterocycles. The molecule has 1 heterocycles. The van der Waals surface area contributed by atoms with E-state index in [9.17, 15) is 5.21 Å². The summed E-state index contributed by atoms with van der Waals surface area (Å²) in [5.41, 5.74) is 0. The average molecular weight is 395 g/mol. The Bertz CT molecular complexity index is 357. The third-order valence-corrected chi connectivity index (χ3v) is 21.8. The maximum absolute atomic E-state index is 11.7. The van der Waals surface area contributed by atoms with Crippen LogP contribution in [0.1, 0.15) is 39.5 Å². The molecule has 0 bridgehead atoms. The third kappa shape index (κ3) is 5.57. The molecule has 1 aromatic rings. The number of nitrogens with zero attached hydrogens (tertiary/aromatic N) is 1. The molecule has 0 fully saturated rings. The summed E-state index contributed by atoms with van der Waals surface area (Å²) in [5.74, 6) is 0. The quantitative estimate of drug-likeness (QED) is 0.363. The van der Waals surface area contributed by atoms with Crippen molar-refractivity contribution >= 4 is 33.7 Å². The van der Waals surface area contributed by atoms with Crippen LogP contribution in [0.3, 0.4) is 0 Å². The van der Waals surface area contributed by atoms with Gasteiger partial charge in [-0.1, -0.05) is 0 Å². The van der Waals surface area contributed by atoms with Gasteiger partial charge in [0.25, 0.3) is 0 Å². The van der Waals surface area contributed by atoms with Gasteiger partial charge in [-0.25, -0.2) is 0 Å². The van der Waals surface area contributed by atoms with Crippen LogP contribution >= 0.6 is 17.9 Å². The van der Waals surface area contributed by atoms with Gasteiger partial charge in [0.15, 0.2) is 0 Å². The number of aromatic nitrogens is 1. The number of pyridine rings is 1. The predicted molar refractivity (Wildman–Crippen MR) is 82.3 cm³/mol. The van der Waals surface area contributed by atoms with Crippen molar-refractivity contribution in [3.8, 4) is 0 Å². The Morgan fingerprint density at radius 2 is 1.83 bits per heavy atom.